The summed E-state index contributed by atoms with van der Waals surface area (Å²) in [5.74, 6) is 0.815. The van der Waals surface area contributed by atoms with Gasteiger partial charge in [-0.1, -0.05) is 13.0 Å². The van der Waals surface area contributed by atoms with E-state index in [1.54, 1.807) is 0 Å². The van der Waals surface area contributed by atoms with Crippen LogP contribution in [0.1, 0.15) is 18.4 Å². The topological polar surface area (TPSA) is 26.0 Å². The molecule has 0 unspecified atom stereocenters. The first-order valence-corrected chi connectivity index (χ1v) is 4.15. The predicted molar refractivity (Wildman–Crippen MR) is 48.1 cm³/mol. The lowest BCUT2D eigenvalue weighted by molar-refractivity contribution is 0.538. The molecular weight excluding hydrogens is 150 g/mol. The van der Waals surface area contributed by atoms with E-state index >= 15 is 0 Å². The minimum atomic E-state index is 0.815. The third-order valence-corrected chi connectivity index (χ3v) is 1.89. The summed E-state index contributed by atoms with van der Waals surface area (Å²) >= 11 is 0. The van der Waals surface area contributed by atoms with Gasteiger partial charge in [-0.25, -0.2) is 4.98 Å². The molecule has 0 spiro atoms. The van der Waals surface area contributed by atoms with Gasteiger partial charge in [0.05, 0.1) is 0 Å². The number of hydrogen-bond donors (Lipinski definition) is 0. The van der Waals surface area contributed by atoms with Gasteiger partial charge in [0.15, 0.2) is 11.5 Å². The molecule has 1 aromatic carbocycles. The Balaban J connectivity index is 2.67. The summed E-state index contributed by atoms with van der Waals surface area (Å²) in [5.41, 5.74) is 3.07. The molecule has 0 aliphatic carbocycles. The Kier molecular flexibility index (Phi) is 1.61. The molecule has 1 aromatic heterocycles. The zero-order valence-corrected chi connectivity index (χ0v) is 7.29. The Bertz CT molecular complexity index is 403. The molecule has 2 nitrogen and oxygen atoms in total. The second-order valence-corrected chi connectivity index (χ2v) is 2.93. The van der Waals surface area contributed by atoms with Crippen LogP contribution in [-0.4, -0.2) is 4.98 Å². The fourth-order valence-electron chi connectivity index (χ4n) is 1.24. The fourth-order valence-corrected chi connectivity index (χ4v) is 1.24. The molecule has 62 valence electrons. The van der Waals surface area contributed by atoms with Crippen LogP contribution in [0.2, 0.25) is 0 Å². The van der Waals surface area contributed by atoms with E-state index < -0.39 is 0 Å². The summed E-state index contributed by atoms with van der Waals surface area (Å²) in [5, 5.41) is 0. The van der Waals surface area contributed by atoms with Crippen molar-refractivity contribution < 1.29 is 4.42 Å². The minimum absolute atomic E-state index is 0.815. The zero-order chi connectivity index (χ0) is 8.55. The van der Waals surface area contributed by atoms with Crippen LogP contribution in [-0.2, 0) is 6.42 Å². The Labute approximate surface area is 71.2 Å². The molecule has 0 bridgehead atoms. The van der Waals surface area contributed by atoms with E-state index in [9.17, 15) is 0 Å². The van der Waals surface area contributed by atoms with Crippen molar-refractivity contribution in [3.63, 3.8) is 0 Å². The third kappa shape index (κ3) is 1.09. The number of aryl methyl sites for hydroxylation is 2. The van der Waals surface area contributed by atoms with Gasteiger partial charge in [0.2, 0.25) is 0 Å². The molecule has 2 rings (SSSR count). The quantitative estimate of drug-likeness (QED) is 0.642. The maximum absolute atomic E-state index is 5.46. The number of oxazole rings is 1. The molecule has 12 heavy (non-hydrogen) atoms. The van der Waals surface area contributed by atoms with Gasteiger partial charge in [0.1, 0.15) is 5.52 Å². The first-order valence-electron chi connectivity index (χ1n) is 4.15. The van der Waals surface area contributed by atoms with Gasteiger partial charge < -0.3 is 4.42 Å². The first kappa shape index (κ1) is 7.35. The Morgan fingerprint density at radius 3 is 3.00 bits per heavy atom. The van der Waals surface area contributed by atoms with Crippen molar-refractivity contribution in [3.8, 4) is 0 Å². The number of rotatable bonds is 1. The number of aromatic nitrogens is 1. The van der Waals surface area contributed by atoms with Gasteiger partial charge in [-0.3, -0.25) is 0 Å². The van der Waals surface area contributed by atoms with E-state index in [-0.39, 0.29) is 0 Å². The monoisotopic (exact) mass is 161 g/mol. The van der Waals surface area contributed by atoms with Crippen molar-refractivity contribution in [2.45, 2.75) is 20.3 Å². The van der Waals surface area contributed by atoms with Gasteiger partial charge in [0, 0.05) is 6.42 Å². The van der Waals surface area contributed by atoms with Crippen LogP contribution in [0.5, 0.6) is 0 Å². The molecule has 2 aromatic rings. The summed E-state index contributed by atoms with van der Waals surface area (Å²) in [6, 6.07) is 6.04. The maximum Gasteiger partial charge on any atom is 0.195 e. The lowest BCUT2D eigenvalue weighted by Gasteiger charge is -1.87. The highest BCUT2D eigenvalue weighted by Crippen LogP contribution is 2.16. The molecule has 0 saturated heterocycles. The number of fused-ring (bicyclic) bond motifs is 1. The SMILES string of the molecule is CCc1nc2cc(C)ccc2o1. The van der Waals surface area contributed by atoms with Crippen LogP contribution in [0, 0.1) is 6.92 Å². The predicted octanol–water partition coefficient (Wildman–Crippen LogP) is 2.70. The second-order valence-electron chi connectivity index (χ2n) is 2.93. The van der Waals surface area contributed by atoms with E-state index in [0.717, 1.165) is 23.4 Å². The number of benzene rings is 1. The number of hydrogen-bond acceptors (Lipinski definition) is 2. The van der Waals surface area contributed by atoms with E-state index in [0.29, 0.717) is 0 Å². The van der Waals surface area contributed by atoms with Gasteiger partial charge in [-0.2, -0.15) is 0 Å². The largest absolute Gasteiger partial charge is 0.441 e. The normalized spacial score (nSPS) is 10.8. The standard InChI is InChI=1S/C10H11NO/c1-3-10-11-8-6-7(2)4-5-9(8)12-10/h4-6H,3H2,1-2H3. The van der Waals surface area contributed by atoms with E-state index in [4.69, 9.17) is 4.42 Å². The fraction of sp³-hybridized carbons (Fsp3) is 0.300. The van der Waals surface area contributed by atoms with Gasteiger partial charge in [0.25, 0.3) is 0 Å². The van der Waals surface area contributed by atoms with Crippen molar-refractivity contribution >= 4 is 11.1 Å². The molecule has 1 heterocycles. The highest BCUT2D eigenvalue weighted by Gasteiger charge is 2.02. The lowest BCUT2D eigenvalue weighted by atomic mass is 10.2. The molecule has 0 amide bonds. The van der Waals surface area contributed by atoms with E-state index in [1.807, 2.05) is 25.1 Å². The van der Waals surface area contributed by atoms with Crippen molar-refractivity contribution in [1.82, 2.24) is 4.98 Å². The Morgan fingerprint density at radius 1 is 1.42 bits per heavy atom. The van der Waals surface area contributed by atoms with Crippen molar-refractivity contribution in [2.75, 3.05) is 0 Å². The van der Waals surface area contributed by atoms with Crippen molar-refractivity contribution in [1.29, 1.82) is 0 Å². The van der Waals surface area contributed by atoms with Gasteiger partial charge >= 0.3 is 0 Å². The van der Waals surface area contributed by atoms with Crippen molar-refractivity contribution in [3.05, 3.63) is 29.7 Å². The molecule has 0 radical (unpaired) electrons. The Hall–Kier alpha value is -1.31. The highest BCUT2D eigenvalue weighted by atomic mass is 16.3. The van der Waals surface area contributed by atoms with Crippen molar-refractivity contribution in [2.24, 2.45) is 0 Å². The van der Waals surface area contributed by atoms with Crippen LogP contribution >= 0.6 is 0 Å². The number of nitrogens with zero attached hydrogens (tertiary/aromatic N) is 1. The molecule has 0 saturated carbocycles. The summed E-state index contributed by atoms with van der Waals surface area (Å²) in [6.45, 7) is 4.09. The molecule has 0 atom stereocenters. The molecule has 0 aliphatic rings. The molecule has 0 aliphatic heterocycles. The average molecular weight is 161 g/mol. The van der Waals surface area contributed by atoms with E-state index in [1.165, 1.54) is 5.56 Å². The van der Waals surface area contributed by atoms with Crippen LogP contribution in [0.3, 0.4) is 0 Å². The maximum atomic E-state index is 5.46. The summed E-state index contributed by atoms with van der Waals surface area (Å²) in [7, 11) is 0. The van der Waals surface area contributed by atoms with Crippen LogP contribution < -0.4 is 0 Å². The average Bonchev–Trinajstić information content (AvgIpc) is 2.46. The second kappa shape index (κ2) is 2.63. The van der Waals surface area contributed by atoms with Gasteiger partial charge in [-0.15, -0.1) is 0 Å². The molecule has 0 fully saturated rings. The Morgan fingerprint density at radius 2 is 2.25 bits per heavy atom. The minimum Gasteiger partial charge on any atom is -0.441 e. The van der Waals surface area contributed by atoms with Gasteiger partial charge in [-0.05, 0) is 24.6 Å². The zero-order valence-electron chi connectivity index (χ0n) is 7.29. The van der Waals surface area contributed by atoms with Crippen LogP contribution in [0.4, 0.5) is 0 Å². The van der Waals surface area contributed by atoms with E-state index in [2.05, 4.69) is 11.9 Å². The molecule has 0 N–H and O–H groups in total. The lowest BCUT2D eigenvalue weighted by Crippen LogP contribution is -1.75. The highest BCUT2D eigenvalue weighted by molar-refractivity contribution is 5.73. The molecular formula is C10H11NO. The van der Waals surface area contributed by atoms with Crippen LogP contribution in [0.25, 0.3) is 11.1 Å². The summed E-state index contributed by atoms with van der Waals surface area (Å²) in [6.07, 6.45) is 0.855. The smallest absolute Gasteiger partial charge is 0.195 e. The molecule has 2 heteroatoms. The third-order valence-electron chi connectivity index (χ3n) is 1.89. The van der Waals surface area contributed by atoms with Crippen LogP contribution in [0.15, 0.2) is 22.6 Å². The summed E-state index contributed by atoms with van der Waals surface area (Å²) < 4.78 is 5.46. The first-order chi connectivity index (χ1) is 5.79. The summed E-state index contributed by atoms with van der Waals surface area (Å²) in [4.78, 5) is 4.33.